The molecule has 2 heterocycles. The lowest BCUT2D eigenvalue weighted by molar-refractivity contribution is 0.571. The molecule has 1 N–H and O–H groups in total. The first-order valence-corrected chi connectivity index (χ1v) is 15.9. The van der Waals surface area contributed by atoms with Crippen LogP contribution in [0.25, 0.3) is 21.3 Å². The number of nitrogens with one attached hydrogen (secondary N) is 1. The smallest absolute Gasteiger partial charge is 0.262 e. The van der Waals surface area contributed by atoms with Gasteiger partial charge in [-0.2, -0.15) is 0 Å². The number of aryl methyl sites for hydroxylation is 1. The number of fused-ring (bicyclic) bond motifs is 1. The highest BCUT2D eigenvalue weighted by Crippen LogP contribution is 2.28. The van der Waals surface area contributed by atoms with Gasteiger partial charge in [-0.1, -0.05) is 55.8 Å². The van der Waals surface area contributed by atoms with Crippen LogP contribution in [-0.4, -0.2) is 31.6 Å². The van der Waals surface area contributed by atoms with E-state index in [1.54, 1.807) is 41.0 Å². The predicted octanol–water partition coefficient (Wildman–Crippen LogP) is 4.53. The molecule has 0 bridgehead atoms. The summed E-state index contributed by atoms with van der Waals surface area (Å²) < 4.78 is 54.0. The molecule has 0 aliphatic heterocycles. The molecular weight excluding hydrogens is 531 g/mol. The second-order valence-corrected chi connectivity index (χ2v) is 14.1. The Morgan fingerprint density at radius 1 is 1.00 bits per heavy atom. The number of rotatable bonds is 10. The van der Waals surface area contributed by atoms with Crippen LogP contribution in [-0.2, 0) is 33.0 Å². The Morgan fingerprint density at radius 3 is 2.38 bits per heavy atom. The van der Waals surface area contributed by atoms with E-state index in [0.717, 1.165) is 29.1 Å². The van der Waals surface area contributed by atoms with Crippen molar-refractivity contribution in [3.63, 3.8) is 0 Å². The molecule has 0 spiro atoms. The fourth-order valence-electron chi connectivity index (χ4n) is 3.89. The van der Waals surface area contributed by atoms with E-state index in [4.69, 9.17) is 4.98 Å². The summed E-state index contributed by atoms with van der Waals surface area (Å²) in [6.45, 7) is 5.25. The Bertz CT molecular complexity index is 1690. The fraction of sp³-hybridized carbons (Fsp3) is 0.308. The van der Waals surface area contributed by atoms with Crippen molar-refractivity contribution in [1.29, 1.82) is 0 Å². The van der Waals surface area contributed by atoms with E-state index < -0.39 is 25.3 Å². The summed E-state index contributed by atoms with van der Waals surface area (Å²) in [5, 5.41) is 1.57. The third-order valence-electron chi connectivity index (χ3n) is 6.05. The van der Waals surface area contributed by atoms with E-state index in [1.807, 2.05) is 21.6 Å². The van der Waals surface area contributed by atoms with Gasteiger partial charge in [-0.3, -0.25) is 9.36 Å². The Kier molecular flexibility index (Phi) is 7.98. The number of thiophene rings is 1. The second-order valence-electron chi connectivity index (χ2n) is 9.04. The maximum Gasteiger partial charge on any atom is 0.262 e. The predicted molar refractivity (Wildman–Crippen MR) is 148 cm³/mol. The molecule has 0 radical (unpaired) electrons. The first-order valence-electron chi connectivity index (χ1n) is 12.0. The second kappa shape index (κ2) is 10.9. The lowest BCUT2D eigenvalue weighted by Crippen LogP contribution is -2.36. The Balaban J connectivity index is 1.68. The van der Waals surface area contributed by atoms with Gasteiger partial charge in [-0.15, -0.1) is 15.5 Å². The van der Waals surface area contributed by atoms with Gasteiger partial charge in [-0.25, -0.2) is 21.8 Å². The van der Waals surface area contributed by atoms with Crippen molar-refractivity contribution in [2.75, 3.05) is 0 Å². The Labute approximate surface area is 221 Å². The van der Waals surface area contributed by atoms with Crippen molar-refractivity contribution >= 4 is 41.6 Å². The molecule has 4 rings (SSSR count). The Morgan fingerprint density at radius 2 is 1.70 bits per heavy atom. The molecule has 2 aromatic carbocycles. The number of unbranched alkanes of at least 4 members (excludes halogenated alkanes) is 1. The zero-order chi connectivity index (χ0) is 26.8. The zero-order valence-electron chi connectivity index (χ0n) is 20.8. The summed E-state index contributed by atoms with van der Waals surface area (Å²) in [5.74, 6) is 0.750. The van der Waals surface area contributed by atoms with Crippen LogP contribution in [0.4, 0.5) is 0 Å². The number of nitrogens with zero attached hydrogens (tertiary/aromatic N) is 2. The molecule has 4 aromatic rings. The van der Waals surface area contributed by atoms with Gasteiger partial charge in [0, 0.05) is 12.0 Å². The minimum absolute atomic E-state index is 0.0738. The van der Waals surface area contributed by atoms with Crippen molar-refractivity contribution < 1.29 is 16.8 Å². The van der Waals surface area contributed by atoms with E-state index in [-0.39, 0.29) is 10.5 Å². The van der Waals surface area contributed by atoms with Gasteiger partial charge in [-0.05, 0) is 48.9 Å². The molecule has 8 nitrogen and oxygen atoms in total. The zero-order valence-corrected chi connectivity index (χ0v) is 23.3. The quantitative estimate of drug-likeness (QED) is 0.305. The average molecular weight is 560 g/mol. The number of sulfonamides is 2. The van der Waals surface area contributed by atoms with E-state index in [1.165, 1.54) is 31.3 Å². The summed E-state index contributed by atoms with van der Waals surface area (Å²) >= 11 is 1.46. The topological polar surface area (TPSA) is 115 Å². The monoisotopic (exact) mass is 559 g/mol. The SMILES string of the molecule is CCCCc1nc2sccc2c(=O)n1Cc1ccc(-c2ccccc2S(=O)(=O)NS(=O)(=O)C(C)C)cc1. The van der Waals surface area contributed by atoms with E-state index in [9.17, 15) is 21.6 Å². The third-order valence-corrected chi connectivity index (χ3v) is 10.8. The highest BCUT2D eigenvalue weighted by Gasteiger charge is 2.27. The minimum atomic E-state index is -4.33. The van der Waals surface area contributed by atoms with Crippen LogP contribution >= 0.6 is 11.3 Å². The number of aromatic nitrogens is 2. The standard InChI is InChI=1S/C26H29N3O5S3/c1-4-5-10-24-27-25-22(15-16-35-25)26(30)29(24)17-19-11-13-20(14-12-19)21-8-6-7-9-23(21)37(33,34)28-36(31,32)18(2)3/h6-9,11-16,18,28H,4-5,10,17H2,1-3H3. The number of benzene rings is 2. The molecule has 0 aliphatic rings. The highest BCUT2D eigenvalue weighted by molar-refractivity contribution is 8.05. The fourth-order valence-corrected chi connectivity index (χ4v) is 7.74. The largest absolute Gasteiger partial charge is 0.292 e. The van der Waals surface area contributed by atoms with Crippen LogP contribution in [0.2, 0.25) is 0 Å². The van der Waals surface area contributed by atoms with Gasteiger partial charge in [0.2, 0.25) is 10.0 Å². The molecule has 0 aliphatic carbocycles. The summed E-state index contributed by atoms with van der Waals surface area (Å²) in [6, 6.07) is 15.3. The van der Waals surface area contributed by atoms with Crippen LogP contribution in [0.5, 0.6) is 0 Å². The first-order chi connectivity index (χ1) is 17.5. The molecule has 37 heavy (non-hydrogen) atoms. The number of hydrogen-bond donors (Lipinski definition) is 1. The molecule has 196 valence electrons. The molecule has 0 fully saturated rings. The van der Waals surface area contributed by atoms with Gasteiger partial charge in [0.1, 0.15) is 10.7 Å². The van der Waals surface area contributed by atoms with Crippen molar-refractivity contribution in [3.8, 4) is 11.1 Å². The van der Waals surface area contributed by atoms with Gasteiger partial charge in [0.25, 0.3) is 15.6 Å². The summed E-state index contributed by atoms with van der Waals surface area (Å²) in [7, 11) is -8.37. The maximum absolute atomic E-state index is 13.2. The normalized spacial score (nSPS) is 12.4. The molecule has 2 aromatic heterocycles. The van der Waals surface area contributed by atoms with Crippen molar-refractivity contribution in [2.24, 2.45) is 0 Å². The van der Waals surface area contributed by atoms with Crippen molar-refractivity contribution in [2.45, 2.75) is 56.7 Å². The molecule has 0 saturated heterocycles. The minimum Gasteiger partial charge on any atom is -0.292 e. The Hall–Kier alpha value is -2.86. The molecule has 0 saturated carbocycles. The molecule has 0 amide bonds. The molecular formula is C26H29N3O5S3. The molecule has 0 unspecified atom stereocenters. The van der Waals surface area contributed by atoms with Gasteiger partial charge in [0.15, 0.2) is 0 Å². The molecule has 0 atom stereocenters. The van der Waals surface area contributed by atoms with Crippen molar-refractivity contribution in [1.82, 2.24) is 13.7 Å². The lowest BCUT2D eigenvalue weighted by Gasteiger charge is -2.15. The highest BCUT2D eigenvalue weighted by atomic mass is 32.3. The van der Waals surface area contributed by atoms with Crippen LogP contribution in [0.3, 0.4) is 0 Å². The lowest BCUT2D eigenvalue weighted by atomic mass is 10.0. The van der Waals surface area contributed by atoms with E-state index >= 15 is 0 Å². The average Bonchev–Trinajstić information content (AvgIpc) is 3.33. The summed E-state index contributed by atoms with van der Waals surface area (Å²) in [5.41, 5.74) is 1.77. The number of hydrogen-bond acceptors (Lipinski definition) is 7. The van der Waals surface area contributed by atoms with Crippen LogP contribution in [0, 0.1) is 0 Å². The summed E-state index contributed by atoms with van der Waals surface area (Å²) in [4.78, 5) is 18.5. The van der Waals surface area contributed by atoms with Crippen molar-refractivity contribution in [3.05, 3.63) is 81.7 Å². The molecule has 11 heteroatoms. The van der Waals surface area contributed by atoms with Gasteiger partial charge in [0.05, 0.1) is 22.1 Å². The summed E-state index contributed by atoms with van der Waals surface area (Å²) in [6.07, 6.45) is 2.62. The van der Waals surface area contributed by atoms with Gasteiger partial charge >= 0.3 is 0 Å². The van der Waals surface area contributed by atoms with E-state index in [2.05, 4.69) is 6.92 Å². The van der Waals surface area contributed by atoms with Crippen LogP contribution < -0.4 is 9.69 Å². The maximum atomic E-state index is 13.2. The van der Waals surface area contributed by atoms with Crippen LogP contribution in [0.15, 0.2) is 69.7 Å². The van der Waals surface area contributed by atoms with E-state index in [0.29, 0.717) is 29.5 Å². The van der Waals surface area contributed by atoms with Gasteiger partial charge < -0.3 is 0 Å². The van der Waals surface area contributed by atoms with Crippen LogP contribution in [0.1, 0.15) is 45.0 Å². The first kappa shape index (κ1) is 27.2. The third kappa shape index (κ3) is 5.85.